The van der Waals surface area contributed by atoms with E-state index in [4.69, 9.17) is 9.84 Å². The van der Waals surface area contributed by atoms with E-state index < -0.39 is 24.0 Å². The largest absolute Gasteiger partial charge is 0.483 e. The number of ether oxygens (including phenoxy) is 1. The maximum atomic E-state index is 11.6. The fourth-order valence-corrected chi connectivity index (χ4v) is 1.61. The lowest BCUT2D eigenvalue weighted by molar-refractivity contribution is -0.145. The van der Waals surface area contributed by atoms with E-state index in [1.165, 1.54) is 6.92 Å². The molecule has 0 heterocycles. The standard InChI is InChI=1S/C14H19NO5/c1-8-4-5-9(2)11(6-8)20-7-12(17)15-13(10(3)16)14(18)19/h4-6,10,13,16H,7H2,1-3H3,(H,15,17)(H,18,19). The Kier molecular flexibility index (Phi) is 5.52. The molecule has 0 spiro atoms. The number of hydrogen-bond acceptors (Lipinski definition) is 4. The first-order valence-electron chi connectivity index (χ1n) is 6.21. The number of amides is 1. The number of hydrogen-bond donors (Lipinski definition) is 3. The molecule has 0 fully saturated rings. The van der Waals surface area contributed by atoms with Crippen LogP contribution in [0.1, 0.15) is 18.1 Å². The SMILES string of the molecule is Cc1ccc(C)c(OCC(=O)NC(C(=O)O)C(C)O)c1. The van der Waals surface area contributed by atoms with E-state index in [0.29, 0.717) is 5.75 Å². The Labute approximate surface area is 117 Å². The first-order valence-corrected chi connectivity index (χ1v) is 6.21. The highest BCUT2D eigenvalue weighted by atomic mass is 16.5. The van der Waals surface area contributed by atoms with Gasteiger partial charge in [-0.2, -0.15) is 0 Å². The zero-order valence-electron chi connectivity index (χ0n) is 11.7. The second kappa shape index (κ2) is 6.91. The summed E-state index contributed by atoms with van der Waals surface area (Å²) in [4.78, 5) is 22.5. The lowest BCUT2D eigenvalue weighted by atomic mass is 10.1. The third kappa shape index (κ3) is 4.55. The maximum Gasteiger partial charge on any atom is 0.328 e. The molecule has 2 atom stereocenters. The van der Waals surface area contributed by atoms with Gasteiger partial charge in [0.2, 0.25) is 0 Å². The monoisotopic (exact) mass is 281 g/mol. The van der Waals surface area contributed by atoms with Gasteiger partial charge in [-0.15, -0.1) is 0 Å². The predicted octanol–water partition coefficient (Wildman–Crippen LogP) is 0.632. The molecule has 1 rings (SSSR count). The lowest BCUT2D eigenvalue weighted by Crippen LogP contribution is -2.49. The van der Waals surface area contributed by atoms with E-state index >= 15 is 0 Å². The molecule has 1 aromatic carbocycles. The minimum atomic E-state index is -1.34. The van der Waals surface area contributed by atoms with Crippen LogP contribution in [0.5, 0.6) is 5.75 Å². The number of carbonyl (C=O) groups is 2. The van der Waals surface area contributed by atoms with Crippen molar-refractivity contribution >= 4 is 11.9 Å². The average Bonchev–Trinajstić information content (AvgIpc) is 2.36. The van der Waals surface area contributed by atoms with Crippen LogP contribution in [0.25, 0.3) is 0 Å². The van der Waals surface area contributed by atoms with Gasteiger partial charge in [0.1, 0.15) is 5.75 Å². The third-order valence-electron chi connectivity index (χ3n) is 2.77. The molecule has 0 radical (unpaired) electrons. The Balaban J connectivity index is 2.59. The summed E-state index contributed by atoms with van der Waals surface area (Å²) in [6.07, 6.45) is -1.18. The van der Waals surface area contributed by atoms with Crippen molar-refractivity contribution in [3.63, 3.8) is 0 Å². The van der Waals surface area contributed by atoms with Crippen LogP contribution in [0.2, 0.25) is 0 Å². The molecule has 6 heteroatoms. The summed E-state index contributed by atoms with van der Waals surface area (Å²) in [6, 6.07) is 4.25. The van der Waals surface area contributed by atoms with Crippen molar-refractivity contribution in [2.75, 3.05) is 6.61 Å². The van der Waals surface area contributed by atoms with E-state index in [1.54, 1.807) is 6.07 Å². The molecule has 6 nitrogen and oxygen atoms in total. The smallest absolute Gasteiger partial charge is 0.328 e. The molecule has 110 valence electrons. The van der Waals surface area contributed by atoms with Gasteiger partial charge in [-0.05, 0) is 38.0 Å². The fraction of sp³-hybridized carbons (Fsp3) is 0.429. The van der Waals surface area contributed by atoms with Gasteiger partial charge in [0, 0.05) is 0 Å². The molecule has 0 aromatic heterocycles. The first kappa shape index (κ1) is 16.0. The molecule has 1 amide bonds. The highest BCUT2D eigenvalue weighted by Gasteiger charge is 2.25. The Morgan fingerprint density at radius 1 is 1.35 bits per heavy atom. The molecule has 0 bridgehead atoms. The molecule has 0 aliphatic rings. The van der Waals surface area contributed by atoms with E-state index in [1.807, 2.05) is 26.0 Å². The van der Waals surface area contributed by atoms with Crippen LogP contribution in [-0.4, -0.2) is 40.8 Å². The lowest BCUT2D eigenvalue weighted by Gasteiger charge is -2.17. The summed E-state index contributed by atoms with van der Waals surface area (Å²) >= 11 is 0. The molecule has 0 aliphatic carbocycles. The van der Waals surface area contributed by atoms with E-state index in [-0.39, 0.29) is 6.61 Å². The quantitative estimate of drug-likeness (QED) is 0.711. The first-order chi connectivity index (χ1) is 9.31. The van der Waals surface area contributed by atoms with Crippen LogP contribution < -0.4 is 10.1 Å². The van der Waals surface area contributed by atoms with Gasteiger partial charge in [-0.1, -0.05) is 12.1 Å². The van der Waals surface area contributed by atoms with Crippen LogP contribution in [0.4, 0.5) is 0 Å². The second-order valence-electron chi connectivity index (χ2n) is 4.68. The number of aliphatic carboxylic acids is 1. The Morgan fingerprint density at radius 3 is 2.55 bits per heavy atom. The van der Waals surface area contributed by atoms with Gasteiger partial charge < -0.3 is 20.3 Å². The minimum absolute atomic E-state index is 0.305. The summed E-state index contributed by atoms with van der Waals surface area (Å²) in [5.74, 6) is -1.32. The van der Waals surface area contributed by atoms with Gasteiger partial charge in [0.15, 0.2) is 12.6 Å². The third-order valence-corrected chi connectivity index (χ3v) is 2.77. The molecular weight excluding hydrogens is 262 g/mol. The van der Waals surface area contributed by atoms with Crippen molar-refractivity contribution < 1.29 is 24.5 Å². The van der Waals surface area contributed by atoms with Crippen LogP contribution in [0, 0.1) is 13.8 Å². The number of carboxylic acids is 1. The molecule has 0 saturated heterocycles. The Bertz CT molecular complexity index is 498. The molecule has 3 N–H and O–H groups in total. The summed E-state index contributed by atoms with van der Waals surface area (Å²) in [5, 5.41) is 20.3. The van der Waals surface area contributed by atoms with Crippen LogP contribution in [0.3, 0.4) is 0 Å². The Hall–Kier alpha value is -2.08. The van der Waals surface area contributed by atoms with E-state index in [0.717, 1.165) is 11.1 Å². The van der Waals surface area contributed by atoms with E-state index in [2.05, 4.69) is 5.32 Å². The number of aliphatic hydroxyl groups is 1. The maximum absolute atomic E-state index is 11.6. The average molecular weight is 281 g/mol. The predicted molar refractivity (Wildman–Crippen MR) is 72.7 cm³/mol. The highest BCUT2D eigenvalue weighted by molar-refractivity contribution is 5.84. The van der Waals surface area contributed by atoms with Crippen molar-refractivity contribution in [1.29, 1.82) is 0 Å². The van der Waals surface area contributed by atoms with Gasteiger partial charge >= 0.3 is 5.97 Å². The van der Waals surface area contributed by atoms with Crippen LogP contribution in [0.15, 0.2) is 18.2 Å². The molecule has 2 unspecified atom stereocenters. The minimum Gasteiger partial charge on any atom is -0.483 e. The Morgan fingerprint density at radius 2 is 2.00 bits per heavy atom. The zero-order valence-corrected chi connectivity index (χ0v) is 11.7. The number of aliphatic hydroxyl groups excluding tert-OH is 1. The van der Waals surface area contributed by atoms with Crippen molar-refractivity contribution in [3.05, 3.63) is 29.3 Å². The second-order valence-corrected chi connectivity index (χ2v) is 4.68. The summed E-state index contributed by atoms with van der Waals surface area (Å²) < 4.78 is 5.35. The highest BCUT2D eigenvalue weighted by Crippen LogP contribution is 2.18. The summed E-state index contributed by atoms with van der Waals surface area (Å²) in [7, 11) is 0. The molecule has 1 aromatic rings. The van der Waals surface area contributed by atoms with Gasteiger partial charge in [-0.25, -0.2) is 4.79 Å². The van der Waals surface area contributed by atoms with Crippen molar-refractivity contribution in [3.8, 4) is 5.75 Å². The number of nitrogens with one attached hydrogen (secondary N) is 1. The van der Waals surface area contributed by atoms with Crippen LogP contribution in [-0.2, 0) is 9.59 Å². The number of carbonyl (C=O) groups excluding carboxylic acids is 1. The van der Waals surface area contributed by atoms with E-state index in [9.17, 15) is 14.7 Å². The molecule has 0 aliphatic heterocycles. The number of rotatable bonds is 6. The van der Waals surface area contributed by atoms with Gasteiger partial charge in [0.25, 0.3) is 5.91 Å². The van der Waals surface area contributed by atoms with Crippen molar-refractivity contribution in [2.45, 2.75) is 32.9 Å². The van der Waals surface area contributed by atoms with Gasteiger partial charge in [0.05, 0.1) is 6.10 Å². The van der Waals surface area contributed by atoms with Gasteiger partial charge in [-0.3, -0.25) is 4.79 Å². The summed E-state index contributed by atoms with van der Waals surface area (Å²) in [6.45, 7) is 4.74. The number of aryl methyl sites for hydroxylation is 2. The molecular formula is C14H19NO5. The number of carboxylic acid groups (broad SMARTS) is 1. The van der Waals surface area contributed by atoms with Crippen LogP contribution >= 0.6 is 0 Å². The summed E-state index contributed by atoms with van der Waals surface area (Å²) in [5.41, 5.74) is 1.88. The van der Waals surface area contributed by atoms with Crippen molar-refractivity contribution in [2.24, 2.45) is 0 Å². The topological polar surface area (TPSA) is 95.9 Å². The zero-order chi connectivity index (χ0) is 15.3. The fourth-order valence-electron chi connectivity index (χ4n) is 1.61. The number of benzene rings is 1. The normalized spacial score (nSPS) is 13.4. The molecule has 0 saturated carbocycles. The van der Waals surface area contributed by atoms with Crippen molar-refractivity contribution in [1.82, 2.24) is 5.32 Å². The molecule has 20 heavy (non-hydrogen) atoms.